The van der Waals surface area contributed by atoms with Gasteiger partial charge in [0.15, 0.2) is 0 Å². The Bertz CT molecular complexity index is 484. The Balaban J connectivity index is 1.57. The van der Waals surface area contributed by atoms with Gasteiger partial charge >= 0.3 is 0 Å². The van der Waals surface area contributed by atoms with Crippen LogP contribution in [0.5, 0.6) is 0 Å². The Morgan fingerprint density at radius 2 is 2.00 bits per heavy atom. The molecule has 3 nitrogen and oxygen atoms in total. The molecule has 0 bridgehead atoms. The number of nitrogens with zero attached hydrogens (tertiary/aromatic N) is 1. The first-order chi connectivity index (χ1) is 10.2. The van der Waals surface area contributed by atoms with E-state index in [4.69, 9.17) is 0 Å². The van der Waals surface area contributed by atoms with E-state index in [1.54, 1.807) is 0 Å². The molecular formula is C17H23FN2O. The number of nitrogens with one attached hydrogen (secondary N) is 1. The molecule has 1 aliphatic heterocycles. The molecule has 1 saturated heterocycles. The van der Waals surface area contributed by atoms with Crippen molar-refractivity contribution in [2.24, 2.45) is 5.92 Å². The van der Waals surface area contributed by atoms with E-state index in [1.807, 2.05) is 17.0 Å². The molecule has 0 unspecified atom stereocenters. The molecule has 0 aromatic heterocycles. The molecule has 2 aliphatic rings. The van der Waals surface area contributed by atoms with Crippen molar-refractivity contribution in [1.82, 2.24) is 10.2 Å². The van der Waals surface area contributed by atoms with E-state index in [0.717, 1.165) is 31.6 Å². The molecule has 4 heteroatoms. The van der Waals surface area contributed by atoms with Crippen LogP contribution >= 0.6 is 0 Å². The third-order valence-corrected chi connectivity index (χ3v) is 4.77. The fourth-order valence-corrected chi connectivity index (χ4v) is 3.30. The Labute approximate surface area is 125 Å². The van der Waals surface area contributed by atoms with E-state index in [2.05, 4.69) is 5.32 Å². The zero-order valence-electron chi connectivity index (χ0n) is 12.4. The van der Waals surface area contributed by atoms with Crippen LogP contribution in [0.1, 0.15) is 43.7 Å². The maximum Gasteiger partial charge on any atom is 0.222 e. The van der Waals surface area contributed by atoms with Crippen molar-refractivity contribution < 1.29 is 9.18 Å². The Morgan fingerprint density at radius 3 is 2.57 bits per heavy atom. The number of halogens is 1. The van der Waals surface area contributed by atoms with E-state index in [1.165, 1.54) is 31.4 Å². The van der Waals surface area contributed by atoms with Crippen molar-refractivity contribution >= 4 is 5.91 Å². The molecule has 1 amide bonds. The minimum Gasteiger partial charge on any atom is -0.341 e. The Hall–Kier alpha value is -1.42. The summed E-state index contributed by atoms with van der Waals surface area (Å²) < 4.78 is 13.1. The molecular weight excluding hydrogens is 267 g/mol. The van der Waals surface area contributed by atoms with Crippen LogP contribution in [0, 0.1) is 11.7 Å². The van der Waals surface area contributed by atoms with Gasteiger partial charge in [-0.2, -0.15) is 0 Å². The first kappa shape index (κ1) is 14.5. The monoisotopic (exact) mass is 290 g/mol. The van der Waals surface area contributed by atoms with Crippen molar-refractivity contribution in [3.05, 3.63) is 35.6 Å². The van der Waals surface area contributed by atoms with Gasteiger partial charge in [0.05, 0.1) is 0 Å². The van der Waals surface area contributed by atoms with Gasteiger partial charge in [0.1, 0.15) is 5.82 Å². The van der Waals surface area contributed by atoms with Crippen molar-refractivity contribution in [3.8, 4) is 0 Å². The number of likely N-dealkylation sites (tertiary alicyclic amines) is 1. The SMILES string of the molecule is O=C1CCCN1CCN[C@@H](c1ccc(F)cc1)C1CCC1. The van der Waals surface area contributed by atoms with Crippen LogP contribution in [0.25, 0.3) is 0 Å². The van der Waals surface area contributed by atoms with Crippen LogP contribution in [0.4, 0.5) is 4.39 Å². The van der Waals surface area contributed by atoms with Gasteiger partial charge in [-0.05, 0) is 42.9 Å². The molecule has 1 aromatic carbocycles. The topological polar surface area (TPSA) is 32.3 Å². The Morgan fingerprint density at radius 1 is 1.24 bits per heavy atom. The molecule has 114 valence electrons. The van der Waals surface area contributed by atoms with Crippen molar-refractivity contribution in [1.29, 1.82) is 0 Å². The molecule has 2 fully saturated rings. The van der Waals surface area contributed by atoms with E-state index in [-0.39, 0.29) is 17.8 Å². The second kappa shape index (κ2) is 6.56. The quantitative estimate of drug-likeness (QED) is 0.873. The first-order valence-electron chi connectivity index (χ1n) is 8.00. The normalized spacial score (nSPS) is 20.6. The lowest BCUT2D eigenvalue weighted by Crippen LogP contribution is -2.38. The molecule has 1 aromatic rings. The highest BCUT2D eigenvalue weighted by molar-refractivity contribution is 5.78. The molecule has 1 saturated carbocycles. The predicted octanol–water partition coefficient (Wildman–Crippen LogP) is 2.88. The van der Waals surface area contributed by atoms with Gasteiger partial charge in [-0.1, -0.05) is 18.6 Å². The minimum absolute atomic E-state index is 0.186. The van der Waals surface area contributed by atoms with E-state index >= 15 is 0 Å². The smallest absolute Gasteiger partial charge is 0.222 e. The first-order valence-corrected chi connectivity index (χ1v) is 8.00. The maximum absolute atomic E-state index is 13.1. The van der Waals surface area contributed by atoms with Crippen molar-refractivity contribution in [2.75, 3.05) is 19.6 Å². The molecule has 0 radical (unpaired) electrons. The number of carbonyl (C=O) groups excluding carboxylic acids is 1. The maximum atomic E-state index is 13.1. The van der Waals surface area contributed by atoms with Gasteiger partial charge in [-0.15, -0.1) is 0 Å². The molecule has 1 heterocycles. The highest BCUT2D eigenvalue weighted by atomic mass is 19.1. The fourth-order valence-electron chi connectivity index (χ4n) is 3.30. The average Bonchev–Trinajstić information content (AvgIpc) is 2.82. The molecule has 1 atom stereocenters. The van der Waals surface area contributed by atoms with E-state index in [0.29, 0.717) is 12.3 Å². The second-order valence-corrected chi connectivity index (χ2v) is 6.16. The number of benzene rings is 1. The standard InChI is InChI=1S/C17H23FN2O/c18-15-8-6-14(7-9-15)17(13-3-1-4-13)19-10-12-20-11-2-5-16(20)21/h6-9,13,17,19H,1-5,10-12H2/t17-/m1/s1. The lowest BCUT2D eigenvalue weighted by Gasteiger charge is -2.35. The number of amides is 1. The number of hydrogen-bond acceptors (Lipinski definition) is 2. The van der Waals surface area contributed by atoms with E-state index < -0.39 is 0 Å². The largest absolute Gasteiger partial charge is 0.341 e. The summed E-state index contributed by atoms with van der Waals surface area (Å²) in [4.78, 5) is 13.6. The molecule has 1 aliphatic carbocycles. The zero-order chi connectivity index (χ0) is 14.7. The lowest BCUT2D eigenvalue weighted by atomic mass is 9.77. The molecule has 21 heavy (non-hydrogen) atoms. The van der Waals surface area contributed by atoms with Crippen molar-refractivity contribution in [3.63, 3.8) is 0 Å². The average molecular weight is 290 g/mol. The summed E-state index contributed by atoms with van der Waals surface area (Å²) in [7, 11) is 0. The van der Waals surface area contributed by atoms with Gasteiger partial charge in [0.25, 0.3) is 0 Å². The number of rotatable bonds is 6. The summed E-state index contributed by atoms with van der Waals surface area (Å²) in [5.41, 5.74) is 1.16. The van der Waals surface area contributed by atoms with Crippen molar-refractivity contribution in [2.45, 2.75) is 38.1 Å². The Kier molecular flexibility index (Phi) is 4.54. The third kappa shape index (κ3) is 3.43. The highest BCUT2D eigenvalue weighted by Crippen LogP contribution is 2.37. The summed E-state index contributed by atoms with van der Waals surface area (Å²) in [6.07, 6.45) is 5.44. The minimum atomic E-state index is -0.186. The van der Waals surface area contributed by atoms with Crippen LogP contribution in [0.3, 0.4) is 0 Å². The zero-order valence-corrected chi connectivity index (χ0v) is 12.4. The highest BCUT2D eigenvalue weighted by Gasteiger charge is 2.28. The predicted molar refractivity (Wildman–Crippen MR) is 80.3 cm³/mol. The van der Waals surface area contributed by atoms with Gasteiger partial charge in [-0.25, -0.2) is 4.39 Å². The summed E-state index contributed by atoms with van der Waals surface area (Å²) in [6, 6.07) is 7.12. The van der Waals surface area contributed by atoms with Crippen LogP contribution in [-0.4, -0.2) is 30.4 Å². The lowest BCUT2D eigenvalue weighted by molar-refractivity contribution is -0.127. The number of hydrogen-bond donors (Lipinski definition) is 1. The van der Waals surface area contributed by atoms with Gasteiger partial charge in [-0.3, -0.25) is 4.79 Å². The molecule has 3 rings (SSSR count). The fraction of sp³-hybridized carbons (Fsp3) is 0.588. The summed E-state index contributed by atoms with van der Waals surface area (Å²) in [6.45, 7) is 2.48. The third-order valence-electron chi connectivity index (χ3n) is 4.77. The summed E-state index contributed by atoms with van der Waals surface area (Å²) in [5.74, 6) is 0.734. The second-order valence-electron chi connectivity index (χ2n) is 6.16. The van der Waals surface area contributed by atoms with Gasteiger partial charge in [0, 0.05) is 32.1 Å². The summed E-state index contributed by atoms with van der Waals surface area (Å²) in [5, 5.41) is 3.59. The van der Waals surface area contributed by atoms with Gasteiger partial charge < -0.3 is 10.2 Å². The van der Waals surface area contributed by atoms with Crippen LogP contribution in [0.15, 0.2) is 24.3 Å². The molecule has 1 N–H and O–H groups in total. The number of carbonyl (C=O) groups is 1. The van der Waals surface area contributed by atoms with Crippen LogP contribution in [-0.2, 0) is 4.79 Å². The molecule has 0 spiro atoms. The van der Waals surface area contributed by atoms with Crippen LogP contribution in [0.2, 0.25) is 0 Å². The van der Waals surface area contributed by atoms with Crippen LogP contribution < -0.4 is 5.32 Å². The summed E-state index contributed by atoms with van der Waals surface area (Å²) >= 11 is 0. The van der Waals surface area contributed by atoms with E-state index in [9.17, 15) is 9.18 Å². The van der Waals surface area contributed by atoms with Gasteiger partial charge in [0.2, 0.25) is 5.91 Å².